The predicted octanol–water partition coefficient (Wildman–Crippen LogP) is 5.46. The molecule has 0 spiro atoms. The molecule has 2 aromatic carbocycles. The monoisotopic (exact) mass is 519 g/mol. The van der Waals surface area contributed by atoms with Gasteiger partial charge in [-0.15, -0.1) is 0 Å². The molecule has 1 aliphatic carbocycles. The van der Waals surface area contributed by atoms with Crippen molar-refractivity contribution in [2.24, 2.45) is 16.7 Å². The van der Waals surface area contributed by atoms with E-state index in [2.05, 4.69) is 6.07 Å². The molecule has 8 heteroatoms. The molecule has 1 N–H and O–H groups in total. The number of ether oxygens (including phenoxy) is 4. The number of nitrogens with zero attached hydrogens (tertiary/aromatic N) is 1. The molecule has 1 aliphatic heterocycles. The summed E-state index contributed by atoms with van der Waals surface area (Å²) in [6.45, 7) is 4.55. The average Bonchev–Trinajstić information content (AvgIpc) is 3.42. The number of aliphatic carboxylic acids is 1. The van der Waals surface area contributed by atoms with Gasteiger partial charge in [0, 0.05) is 18.6 Å². The van der Waals surface area contributed by atoms with Crippen LogP contribution >= 0.6 is 0 Å². The van der Waals surface area contributed by atoms with E-state index in [-0.39, 0.29) is 19.5 Å². The maximum absolute atomic E-state index is 12.7. The molecule has 1 heterocycles. The number of carbonyl (C=O) groups is 2. The van der Waals surface area contributed by atoms with Crippen molar-refractivity contribution in [3.8, 4) is 17.6 Å². The summed E-state index contributed by atoms with van der Waals surface area (Å²) in [4.78, 5) is 25.0. The topological polar surface area (TPSA) is 115 Å². The summed E-state index contributed by atoms with van der Waals surface area (Å²) in [5.74, 6) is -2.07. The van der Waals surface area contributed by atoms with Gasteiger partial charge >= 0.3 is 11.9 Å². The van der Waals surface area contributed by atoms with Crippen LogP contribution < -0.4 is 4.74 Å². The van der Waals surface area contributed by atoms with E-state index in [0.717, 1.165) is 19.3 Å². The van der Waals surface area contributed by atoms with Gasteiger partial charge in [0.1, 0.15) is 23.5 Å². The van der Waals surface area contributed by atoms with Gasteiger partial charge in [0.15, 0.2) is 6.29 Å². The first kappa shape index (κ1) is 27.4. The number of carbonyl (C=O) groups excluding carboxylic acids is 1. The third-order valence-corrected chi connectivity index (χ3v) is 7.55. The molecule has 2 fully saturated rings. The van der Waals surface area contributed by atoms with Crippen molar-refractivity contribution in [1.29, 1.82) is 5.26 Å². The number of nitriles is 1. The predicted molar refractivity (Wildman–Crippen MR) is 138 cm³/mol. The van der Waals surface area contributed by atoms with E-state index in [9.17, 15) is 20.0 Å². The number of rotatable bonds is 11. The minimum atomic E-state index is -1.43. The Labute approximate surface area is 222 Å². The molecule has 0 amide bonds. The van der Waals surface area contributed by atoms with Crippen molar-refractivity contribution in [3.63, 3.8) is 0 Å². The molecule has 0 bridgehead atoms. The van der Waals surface area contributed by atoms with Gasteiger partial charge in [0.2, 0.25) is 0 Å². The van der Waals surface area contributed by atoms with Gasteiger partial charge in [0.25, 0.3) is 0 Å². The van der Waals surface area contributed by atoms with Crippen LogP contribution in [0.2, 0.25) is 0 Å². The van der Waals surface area contributed by atoms with Gasteiger partial charge in [-0.05, 0) is 54.5 Å². The molecule has 2 aromatic rings. The summed E-state index contributed by atoms with van der Waals surface area (Å²) in [5, 5.41) is 20.5. The summed E-state index contributed by atoms with van der Waals surface area (Å²) in [5.41, 5.74) is -1.67. The van der Waals surface area contributed by atoms with E-state index >= 15 is 0 Å². The number of hydrogen-bond acceptors (Lipinski definition) is 7. The van der Waals surface area contributed by atoms with Crippen LogP contribution in [-0.4, -0.2) is 43.2 Å². The van der Waals surface area contributed by atoms with Crippen molar-refractivity contribution >= 4 is 11.9 Å². The van der Waals surface area contributed by atoms with E-state index in [0.29, 0.717) is 23.7 Å². The highest BCUT2D eigenvalue weighted by Crippen LogP contribution is 2.75. The second kappa shape index (κ2) is 11.8. The first-order valence-corrected chi connectivity index (χ1v) is 12.8. The van der Waals surface area contributed by atoms with Gasteiger partial charge in [-0.1, -0.05) is 50.3 Å². The van der Waals surface area contributed by atoms with Gasteiger partial charge in [-0.25, -0.2) is 4.79 Å². The summed E-state index contributed by atoms with van der Waals surface area (Å²) >= 11 is 0. The van der Waals surface area contributed by atoms with Crippen LogP contribution in [0.25, 0.3) is 0 Å². The fourth-order valence-corrected chi connectivity index (χ4v) is 5.52. The molecule has 0 radical (unpaired) electrons. The fourth-order valence-electron chi connectivity index (χ4n) is 5.52. The third kappa shape index (κ3) is 5.59. The van der Waals surface area contributed by atoms with Crippen LogP contribution in [0.1, 0.15) is 44.6 Å². The smallest absolute Gasteiger partial charge is 0.330 e. The molecule has 200 valence electrons. The second-order valence-corrected chi connectivity index (χ2v) is 10.1. The molecule has 1 saturated heterocycles. The van der Waals surface area contributed by atoms with Gasteiger partial charge in [-0.2, -0.15) is 5.26 Å². The highest BCUT2D eigenvalue weighted by molar-refractivity contribution is 5.86. The first-order chi connectivity index (χ1) is 18.3. The van der Waals surface area contributed by atoms with Crippen molar-refractivity contribution in [2.75, 3.05) is 19.8 Å². The van der Waals surface area contributed by atoms with Crippen LogP contribution in [0.4, 0.5) is 0 Å². The van der Waals surface area contributed by atoms with Gasteiger partial charge < -0.3 is 24.1 Å². The Bertz CT molecular complexity index is 1200. The zero-order valence-electron chi connectivity index (χ0n) is 21.7. The first-order valence-electron chi connectivity index (χ1n) is 12.8. The summed E-state index contributed by atoms with van der Waals surface area (Å²) in [7, 11) is 0. The Morgan fingerprint density at radius 3 is 2.58 bits per heavy atom. The standard InChI is InChI=1S/C30H33NO7/c1-29(2)25(14-15-26(32)35-17-18-37-27-13-6-7-16-36-27)30(29,28(33)34)24(20-31)21-9-8-12-23(19-21)38-22-10-4-3-5-11-22/h3-5,8-12,14-15,19,24-25,27H,6-7,13,16-18H2,1-2H3,(H,33,34)/t24?,25-,27?,30+/m0/s1. The third-order valence-electron chi connectivity index (χ3n) is 7.55. The van der Waals surface area contributed by atoms with Crippen LogP contribution in [0, 0.1) is 28.1 Å². The molecule has 2 aliphatic rings. The zero-order chi connectivity index (χ0) is 27.2. The molecular formula is C30H33NO7. The fraction of sp³-hybridized carbons (Fsp3) is 0.433. The molecule has 1 saturated carbocycles. The van der Waals surface area contributed by atoms with E-state index in [1.54, 1.807) is 44.2 Å². The average molecular weight is 520 g/mol. The van der Waals surface area contributed by atoms with Crippen LogP contribution in [0.15, 0.2) is 66.7 Å². The number of esters is 1. The van der Waals surface area contributed by atoms with Gasteiger partial charge in [0.05, 0.1) is 18.6 Å². The Balaban J connectivity index is 1.44. The lowest BCUT2D eigenvalue weighted by Crippen LogP contribution is -2.28. The Morgan fingerprint density at radius 2 is 1.89 bits per heavy atom. The summed E-state index contributed by atoms with van der Waals surface area (Å²) < 4.78 is 22.2. The number of allylic oxidation sites excluding steroid dienone is 1. The van der Waals surface area contributed by atoms with E-state index in [4.69, 9.17) is 18.9 Å². The molecular weight excluding hydrogens is 486 g/mol. The minimum absolute atomic E-state index is 0.0657. The minimum Gasteiger partial charge on any atom is -0.481 e. The molecule has 0 aromatic heterocycles. The van der Waals surface area contributed by atoms with E-state index in [1.807, 2.05) is 30.3 Å². The highest BCUT2D eigenvalue weighted by Gasteiger charge is 2.78. The lowest BCUT2D eigenvalue weighted by molar-refractivity contribution is -0.172. The molecule has 4 rings (SSSR count). The number of carboxylic acids is 1. The van der Waals surface area contributed by atoms with Crippen molar-refractivity contribution < 1.29 is 33.6 Å². The van der Waals surface area contributed by atoms with Gasteiger partial charge in [-0.3, -0.25) is 4.79 Å². The number of hydrogen-bond donors (Lipinski definition) is 1. The zero-order valence-corrected chi connectivity index (χ0v) is 21.7. The maximum Gasteiger partial charge on any atom is 0.330 e. The largest absolute Gasteiger partial charge is 0.481 e. The second-order valence-electron chi connectivity index (χ2n) is 10.1. The Kier molecular flexibility index (Phi) is 8.50. The van der Waals surface area contributed by atoms with Crippen molar-refractivity contribution in [3.05, 3.63) is 72.3 Å². The van der Waals surface area contributed by atoms with E-state index < -0.39 is 34.6 Å². The quantitative estimate of drug-likeness (QED) is 0.237. The molecule has 8 nitrogen and oxygen atoms in total. The van der Waals surface area contributed by atoms with Crippen LogP contribution in [0.5, 0.6) is 11.5 Å². The summed E-state index contributed by atoms with van der Waals surface area (Å²) in [6.07, 6.45) is 5.43. The number of benzene rings is 2. The highest BCUT2D eigenvalue weighted by atomic mass is 16.7. The van der Waals surface area contributed by atoms with Crippen LogP contribution in [-0.2, 0) is 23.8 Å². The van der Waals surface area contributed by atoms with Crippen molar-refractivity contribution in [2.45, 2.75) is 45.3 Å². The Hall–Kier alpha value is -3.67. The van der Waals surface area contributed by atoms with Crippen molar-refractivity contribution in [1.82, 2.24) is 0 Å². The van der Waals surface area contributed by atoms with Crippen LogP contribution in [0.3, 0.4) is 0 Å². The molecule has 38 heavy (non-hydrogen) atoms. The lowest BCUT2D eigenvalue weighted by atomic mass is 9.78. The molecule has 4 atom stereocenters. The number of carboxylic acid groups (broad SMARTS) is 1. The van der Waals surface area contributed by atoms with E-state index in [1.165, 1.54) is 6.08 Å². The lowest BCUT2D eigenvalue weighted by Gasteiger charge is -2.22. The number of para-hydroxylation sites is 1. The molecule has 2 unspecified atom stereocenters. The normalized spacial score (nSPS) is 24.8. The summed E-state index contributed by atoms with van der Waals surface area (Å²) in [6, 6.07) is 18.4. The Morgan fingerprint density at radius 1 is 1.13 bits per heavy atom. The SMILES string of the molecule is CC1(C)[C@H](C=CC(=O)OCCOC2CCCCO2)[C@@]1(C(=O)O)C(C#N)c1cccc(Oc2ccccc2)c1. The maximum atomic E-state index is 12.7.